The van der Waals surface area contributed by atoms with Crippen LogP contribution in [0.25, 0.3) is 10.9 Å². The molecule has 2 N–H and O–H groups in total. The zero-order chi connectivity index (χ0) is 17.9. The van der Waals surface area contributed by atoms with Crippen molar-refractivity contribution in [1.82, 2.24) is 9.97 Å². The number of hydrogen-bond donors (Lipinski definition) is 2. The minimum Gasteiger partial charge on any atom is -0.505 e. The Morgan fingerprint density at radius 3 is 2.42 bits per heavy atom. The first-order chi connectivity index (χ1) is 12.7. The predicted molar refractivity (Wildman–Crippen MR) is 104 cm³/mol. The Balaban J connectivity index is 1.86. The van der Waals surface area contributed by atoms with Crippen molar-refractivity contribution in [2.75, 3.05) is 5.32 Å². The lowest BCUT2D eigenvalue weighted by Gasteiger charge is -2.22. The fourth-order valence-corrected chi connectivity index (χ4v) is 3.10. The molecule has 4 heteroatoms. The van der Waals surface area contributed by atoms with Gasteiger partial charge < -0.3 is 10.4 Å². The molecular weight excluding hydrogens is 322 g/mol. The Labute approximate surface area is 152 Å². The van der Waals surface area contributed by atoms with E-state index in [0.29, 0.717) is 5.52 Å². The first-order valence-electron chi connectivity index (χ1n) is 8.54. The molecule has 2 aromatic carbocycles. The number of aromatic nitrogens is 2. The molecule has 128 valence electrons. The highest BCUT2D eigenvalue weighted by Gasteiger charge is 2.20. The molecule has 4 rings (SSSR count). The van der Waals surface area contributed by atoms with Crippen LogP contribution >= 0.6 is 0 Å². The summed E-state index contributed by atoms with van der Waals surface area (Å²) in [6, 6.07) is 23.4. The van der Waals surface area contributed by atoms with Gasteiger partial charge in [-0.2, -0.15) is 0 Å². The quantitative estimate of drug-likeness (QED) is 0.557. The third-order valence-corrected chi connectivity index (χ3v) is 4.41. The highest BCUT2D eigenvalue weighted by Crippen LogP contribution is 2.36. The normalized spacial score (nSPS) is 12.0. The summed E-state index contributed by atoms with van der Waals surface area (Å²) in [4.78, 5) is 8.89. The molecule has 0 saturated heterocycles. The number of nitrogens with zero attached hydrogens (tertiary/aromatic N) is 2. The van der Waals surface area contributed by atoms with Gasteiger partial charge in [0.25, 0.3) is 0 Å². The summed E-state index contributed by atoms with van der Waals surface area (Å²) in [7, 11) is 0. The minimum absolute atomic E-state index is 0.198. The second kappa shape index (κ2) is 6.84. The maximum atomic E-state index is 11.0. The van der Waals surface area contributed by atoms with Crippen LogP contribution in [0.1, 0.15) is 22.9 Å². The van der Waals surface area contributed by atoms with Crippen molar-refractivity contribution in [3.8, 4) is 5.75 Å². The number of nitrogens with one attached hydrogen (secondary N) is 1. The molecule has 0 aliphatic carbocycles. The molecular formula is C22H19N3O. The number of pyridine rings is 2. The van der Waals surface area contributed by atoms with E-state index in [9.17, 15) is 5.11 Å². The number of aromatic hydroxyl groups is 1. The summed E-state index contributed by atoms with van der Waals surface area (Å²) in [5, 5.41) is 15.3. The number of benzene rings is 2. The summed E-state index contributed by atoms with van der Waals surface area (Å²) in [6.07, 6.45) is 1.75. The third-order valence-electron chi connectivity index (χ3n) is 4.41. The number of phenolic OH excluding ortho intramolecular Hbond substituents is 1. The van der Waals surface area contributed by atoms with Gasteiger partial charge >= 0.3 is 0 Å². The fourth-order valence-electron chi connectivity index (χ4n) is 3.10. The molecule has 1 atom stereocenters. The van der Waals surface area contributed by atoms with E-state index in [4.69, 9.17) is 0 Å². The SMILES string of the molecule is Cc1ccc2ccc([C@H](Nc3ccccn3)c3ccccc3)c(O)c2n1. The van der Waals surface area contributed by atoms with E-state index < -0.39 is 0 Å². The van der Waals surface area contributed by atoms with Gasteiger partial charge in [-0.15, -0.1) is 0 Å². The summed E-state index contributed by atoms with van der Waals surface area (Å²) >= 11 is 0. The molecule has 0 radical (unpaired) electrons. The lowest BCUT2D eigenvalue weighted by molar-refractivity contribution is 0.471. The van der Waals surface area contributed by atoms with Gasteiger partial charge in [-0.1, -0.05) is 54.6 Å². The molecule has 0 spiro atoms. The third kappa shape index (κ3) is 3.09. The van der Waals surface area contributed by atoms with Crippen LogP contribution in [0.5, 0.6) is 5.75 Å². The highest BCUT2D eigenvalue weighted by atomic mass is 16.3. The van der Waals surface area contributed by atoms with E-state index >= 15 is 0 Å². The Hall–Kier alpha value is -3.40. The van der Waals surface area contributed by atoms with Crippen molar-refractivity contribution in [3.05, 3.63) is 95.8 Å². The average molecular weight is 341 g/mol. The van der Waals surface area contributed by atoms with Crippen molar-refractivity contribution < 1.29 is 5.11 Å². The largest absolute Gasteiger partial charge is 0.505 e. The van der Waals surface area contributed by atoms with E-state index in [1.165, 1.54) is 0 Å². The van der Waals surface area contributed by atoms with Crippen LogP contribution in [0.15, 0.2) is 79.0 Å². The Bertz CT molecular complexity index is 1030. The monoisotopic (exact) mass is 341 g/mol. The van der Waals surface area contributed by atoms with Crippen molar-refractivity contribution >= 4 is 16.7 Å². The van der Waals surface area contributed by atoms with Crippen LogP contribution in [0, 0.1) is 6.92 Å². The first-order valence-corrected chi connectivity index (χ1v) is 8.54. The zero-order valence-corrected chi connectivity index (χ0v) is 14.4. The molecule has 0 aliphatic heterocycles. The van der Waals surface area contributed by atoms with Crippen LogP contribution in [0.3, 0.4) is 0 Å². The van der Waals surface area contributed by atoms with E-state index in [0.717, 1.165) is 28.0 Å². The molecule has 26 heavy (non-hydrogen) atoms. The van der Waals surface area contributed by atoms with Crippen LogP contribution < -0.4 is 5.32 Å². The van der Waals surface area contributed by atoms with Crippen molar-refractivity contribution in [2.24, 2.45) is 0 Å². The fraction of sp³-hybridized carbons (Fsp3) is 0.0909. The first kappa shape index (κ1) is 16.1. The van der Waals surface area contributed by atoms with E-state index in [2.05, 4.69) is 15.3 Å². The van der Waals surface area contributed by atoms with Crippen molar-refractivity contribution in [3.63, 3.8) is 0 Å². The number of fused-ring (bicyclic) bond motifs is 1. The molecule has 0 aliphatic rings. The number of aryl methyl sites for hydroxylation is 1. The molecule has 2 aromatic heterocycles. The second-order valence-corrected chi connectivity index (χ2v) is 6.23. The van der Waals surface area contributed by atoms with Crippen LogP contribution in [0.2, 0.25) is 0 Å². The summed E-state index contributed by atoms with van der Waals surface area (Å²) in [5.41, 5.74) is 3.30. The maximum Gasteiger partial charge on any atom is 0.147 e. The van der Waals surface area contributed by atoms with Crippen LogP contribution in [-0.4, -0.2) is 15.1 Å². The summed E-state index contributed by atoms with van der Waals surface area (Å²) in [6.45, 7) is 1.92. The zero-order valence-electron chi connectivity index (χ0n) is 14.4. The van der Waals surface area contributed by atoms with Crippen molar-refractivity contribution in [2.45, 2.75) is 13.0 Å². The number of rotatable bonds is 4. The number of hydrogen-bond acceptors (Lipinski definition) is 4. The van der Waals surface area contributed by atoms with E-state index in [1.807, 2.05) is 79.7 Å². The van der Waals surface area contributed by atoms with Gasteiger partial charge in [-0.25, -0.2) is 9.97 Å². The summed E-state index contributed by atoms with van der Waals surface area (Å²) < 4.78 is 0. The van der Waals surface area contributed by atoms with Crippen LogP contribution in [-0.2, 0) is 0 Å². The van der Waals surface area contributed by atoms with Gasteiger partial charge in [0.1, 0.15) is 17.1 Å². The Kier molecular flexibility index (Phi) is 4.23. The molecule has 0 bridgehead atoms. The van der Waals surface area contributed by atoms with Crippen molar-refractivity contribution in [1.29, 1.82) is 0 Å². The van der Waals surface area contributed by atoms with Gasteiger partial charge in [-0.3, -0.25) is 0 Å². The minimum atomic E-state index is -0.238. The lowest BCUT2D eigenvalue weighted by Crippen LogP contribution is -2.13. The second-order valence-electron chi connectivity index (χ2n) is 6.23. The molecule has 4 nitrogen and oxygen atoms in total. The highest BCUT2D eigenvalue weighted by molar-refractivity contribution is 5.86. The maximum absolute atomic E-state index is 11.0. The standard InChI is InChI=1S/C22H19N3O/c1-15-10-11-17-12-13-18(22(26)21(17)24-15)20(16-7-3-2-4-8-16)25-19-9-5-6-14-23-19/h2-14,20,26H,1H3,(H,23,25)/t20-/m1/s1. The average Bonchev–Trinajstić information content (AvgIpc) is 2.69. The Morgan fingerprint density at radius 2 is 1.65 bits per heavy atom. The van der Waals surface area contributed by atoms with E-state index in [-0.39, 0.29) is 11.8 Å². The predicted octanol–water partition coefficient (Wildman–Crippen LogP) is 4.85. The lowest BCUT2D eigenvalue weighted by atomic mass is 9.96. The number of phenols is 1. The molecule has 0 fully saturated rings. The smallest absolute Gasteiger partial charge is 0.147 e. The summed E-state index contributed by atoms with van der Waals surface area (Å²) in [5.74, 6) is 0.946. The van der Waals surface area contributed by atoms with Gasteiger partial charge in [-0.05, 0) is 30.7 Å². The van der Waals surface area contributed by atoms with Gasteiger partial charge in [0, 0.05) is 22.8 Å². The Morgan fingerprint density at radius 1 is 0.885 bits per heavy atom. The van der Waals surface area contributed by atoms with Crippen LogP contribution in [0.4, 0.5) is 5.82 Å². The molecule has 0 amide bonds. The van der Waals surface area contributed by atoms with Gasteiger partial charge in [0.15, 0.2) is 0 Å². The molecule has 2 heterocycles. The molecule has 4 aromatic rings. The number of anilines is 1. The van der Waals surface area contributed by atoms with Gasteiger partial charge in [0.2, 0.25) is 0 Å². The van der Waals surface area contributed by atoms with Gasteiger partial charge in [0.05, 0.1) is 6.04 Å². The van der Waals surface area contributed by atoms with E-state index in [1.54, 1.807) is 6.20 Å². The molecule has 0 saturated carbocycles. The molecule has 0 unspecified atom stereocenters. The topological polar surface area (TPSA) is 58.0 Å².